The lowest BCUT2D eigenvalue weighted by Gasteiger charge is -2.08. The number of nitrogens with zero attached hydrogens (tertiary/aromatic N) is 1. The minimum atomic E-state index is -0.517. The number of carbonyl (C=O) groups is 1. The van der Waals surface area contributed by atoms with E-state index in [1.54, 1.807) is 6.07 Å². The zero-order valence-electron chi connectivity index (χ0n) is 11.3. The van der Waals surface area contributed by atoms with Crippen molar-refractivity contribution in [2.24, 2.45) is 5.73 Å². The summed E-state index contributed by atoms with van der Waals surface area (Å²) in [7, 11) is 0. The number of carbonyl (C=O) groups excluding carboxylic acids is 1. The van der Waals surface area contributed by atoms with Gasteiger partial charge in [-0.1, -0.05) is 18.2 Å². The molecule has 0 fully saturated rings. The number of amides is 1. The maximum Gasteiger partial charge on any atom is 0.221 e. The fourth-order valence-electron chi connectivity index (χ4n) is 1.91. The summed E-state index contributed by atoms with van der Waals surface area (Å²) in [6, 6.07) is 13.6. The highest BCUT2D eigenvalue weighted by atomic mass is 19.1. The van der Waals surface area contributed by atoms with Crippen LogP contribution in [0.2, 0.25) is 0 Å². The maximum atomic E-state index is 13.2. The summed E-state index contributed by atoms with van der Waals surface area (Å²) >= 11 is 0. The first kappa shape index (κ1) is 14.5. The van der Waals surface area contributed by atoms with Gasteiger partial charge in [0.1, 0.15) is 11.9 Å². The van der Waals surface area contributed by atoms with Gasteiger partial charge in [0.25, 0.3) is 0 Å². The first-order valence-corrected chi connectivity index (χ1v) is 6.38. The molecule has 5 heteroatoms. The molecule has 2 aromatic rings. The number of hydrogen-bond acceptors (Lipinski definition) is 3. The van der Waals surface area contributed by atoms with Crippen LogP contribution in [0.1, 0.15) is 16.7 Å². The van der Waals surface area contributed by atoms with Crippen molar-refractivity contribution in [1.29, 1.82) is 5.26 Å². The minimum Gasteiger partial charge on any atom is -0.381 e. The average Bonchev–Trinajstić information content (AvgIpc) is 2.47. The number of primary amides is 1. The van der Waals surface area contributed by atoms with Gasteiger partial charge in [0.2, 0.25) is 5.91 Å². The quantitative estimate of drug-likeness (QED) is 0.884. The van der Waals surface area contributed by atoms with Crippen LogP contribution < -0.4 is 11.1 Å². The second kappa shape index (κ2) is 6.53. The number of halogens is 1. The molecule has 0 atom stereocenters. The van der Waals surface area contributed by atoms with Crippen molar-refractivity contribution >= 4 is 11.6 Å². The van der Waals surface area contributed by atoms with Gasteiger partial charge in [0, 0.05) is 12.2 Å². The molecule has 3 N–H and O–H groups in total. The first-order chi connectivity index (χ1) is 10.1. The molecule has 0 bridgehead atoms. The van der Waals surface area contributed by atoms with E-state index in [4.69, 9.17) is 11.0 Å². The molecule has 2 rings (SSSR count). The monoisotopic (exact) mass is 283 g/mol. The van der Waals surface area contributed by atoms with Crippen LogP contribution in [0.5, 0.6) is 0 Å². The molecule has 0 aliphatic rings. The van der Waals surface area contributed by atoms with Gasteiger partial charge in [-0.05, 0) is 35.4 Å². The van der Waals surface area contributed by atoms with Crippen molar-refractivity contribution < 1.29 is 9.18 Å². The predicted molar refractivity (Wildman–Crippen MR) is 77.8 cm³/mol. The van der Waals surface area contributed by atoms with Crippen molar-refractivity contribution in [1.82, 2.24) is 0 Å². The fraction of sp³-hybridized carbons (Fsp3) is 0.125. The number of anilines is 1. The van der Waals surface area contributed by atoms with Gasteiger partial charge < -0.3 is 11.1 Å². The van der Waals surface area contributed by atoms with Gasteiger partial charge in [-0.3, -0.25) is 4.79 Å². The third kappa shape index (κ3) is 4.05. The van der Waals surface area contributed by atoms with Gasteiger partial charge in [-0.2, -0.15) is 5.26 Å². The van der Waals surface area contributed by atoms with E-state index >= 15 is 0 Å². The smallest absolute Gasteiger partial charge is 0.221 e. The lowest BCUT2D eigenvalue weighted by atomic mass is 10.1. The van der Waals surface area contributed by atoms with E-state index in [2.05, 4.69) is 5.32 Å². The number of nitrogens with one attached hydrogen (secondary N) is 1. The molecular weight excluding hydrogens is 269 g/mol. The van der Waals surface area contributed by atoms with E-state index in [0.29, 0.717) is 6.54 Å². The Hall–Kier alpha value is -2.87. The average molecular weight is 283 g/mol. The highest BCUT2D eigenvalue weighted by molar-refractivity contribution is 5.76. The highest BCUT2D eigenvalue weighted by Gasteiger charge is 2.03. The lowest BCUT2D eigenvalue weighted by molar-refractivity contribution is -0.117. The van der Waals surface area contributed by atoms with E-state index in [1.165, 1.54) is 12.1 Å². The predicted octanol–water partition coefficient (Wildman–Crippen LogP) is 2.34. The molecule has 0 heterocycles. The van der Waals surface area contributed by atoms with E-state index in [1.807, 2.05) is 30.3 Å². The fourth-order valence-corrected chi connectivity index (χ4v) is 1.91. The number of nitrogens with two attached hydrogens (primary N) is 1. The Morgan fingerprint density at radius 3 is 2.48 bits per heavy atom. The molecule has 0 saturated carbocycles. The number of rotatable bonds is 5. The summed E-state index contributed by atoms with van der Waals surface area (Å²) in [4.78, 5) is 10.8. The SMILES string of the molecule is N#Cc1cc(CNc2ccc(CC(N)=O)cc2)ccc1F. The Morgan fingerprint density at radius 2 is 1.86 bits per heavy atom. The van der Waals surface area contributed by atoms with Gasteiger partial charge in [-0.15, -0.1) is 0 Å². The van der Waals surface area contributed by atoms with Crippen LogP contribution in [-0.4, -0.2) is 5.91 Å². The van der Waals surface area contributed by atoms with E-state index in [-0.39, 0.29) is 17.9 Å². The summed E-state index contributed by atoms with van der Waals surface area (Å²) < 4.78 is 13.2. The largest absolute Gasteiger partial charge is 0.381 e. The van der Waals surface area contributed by atoms with Crippen LogP contribution in [0.15, 0.2) is 42.5 Å². The van der Waals surface area contributed by atoms with E-state index < -0.39 is 5.82 Å². The second-order valence-corrected chi connectivity index (χ2v) is 4.62. The molecule has 4 nitrogen and oxygen atoms in total. The van der Waals surface area contributed by atoms with Crippen molar-refractivity contribution in [3.05, 3.63) is 65.0 Å². The van der Waals surface area contributed by atoms with E-state index in [9.17, 15) is 9.18 Å². The van der Waals surface area contributed by atoms with Gasteiger partial charge in [-0.25, -0.2) is 4.39 Å². The summed E-state index contributed by atoms with van der Waals surface area (Å²) in [6.07, 6.45) is 0.212. The van der Waals surface area contributed by atoms with E-state index in [0.717, 1.165) is 16.8 Å². The Balaban J connectivity index is 2.00. The van der Waals surface area contributed by atoms with Gasteiger partial charge >= 0.3 is 0 Å². The molecule has 0 saturated heterocycles. The van der Waals surface area contributed by atoms with Crippen molar-refractivity contribution in [2.75, 3.05) is 5.32 Å². The summed E-state index contributed by atoms with van der Waals surface area (Å²) in [5, 5.41) is 11.9. The molecule has 0 unspecified atom stereocenters. The molecule has 0 radical (unpaired) electrons. The van der Waals surface area contributed by atoms with Gasteiger partial charge in [0.05, 0.1) is 12.0 Å². The Bertz CT molecular complexity index is 690. The first-order valence-electron chi connectivity index (χ1n) is 6.38. The normalized spacial score (nSPS) is 9.90. The minimum absolute atomic E-state index is 0.0334. The zero-order valence-corrected chi connectivity index (χ0v) is 11.3. The molecule has 1 amide bonds. The molecule has 0 aromatic heterocycles. The Kier molecular flexibility index (Phi) is 4.52. The maximum absolute atomic E-state index is 13.2. The van der Waals surface area contributed by atoms with Crippen LogP contribution in [0.3, 0.4) is 0 Å². The van der Waals surface area contributed by atoms with Crippen LogP contribution >= 0.6 is 0 Å². The lowest BCUT2D eigenvalue weighted by Crippen LogP contribution is -2.13. The topological polar surface area (TPSA) is 78.9 Å². The Labute approximate surface area is 122 Å². The number of hydrogen-bond donors (Lipinski definition) is 2. The van der Waals surface area contributed by atoms with Crippen molar-refractivity contribution in [3.63, 3.8) is 0 Å². The number of benzene rings is 2. The molecule has 0 aliphatic carbocycles. The molecule has 0 aliphatic heterocycles. The Morgan fingerprint density at radius 1 is 1.19 bits per heavy atom. The molecule has 0 spiro atoms. The van der Waals surface area contributed by atoms with Crippen LogP contribution in [0, 0.1) is 17.1 Å². The van der Waals surface area contributed by atoms with Crippen LogP contribution in [0.4, 0.5) is 10.1 Å². The molecule has 21 heavy (non-hydrogen) atoms. The van der Waals surface area contributed by atoms with Crippen LogP contribution in [-0.2, 0) is 17.8 Å². The van der Waals surface area contributed by atoms with Crippen LogP contribution in [0.25, 0.3) is 0 Å². The summed E-state index contributed by atoms with van der Waals surface area (Å²) in [5.74, 6) is -0.886. The summed E-state index contributed by atoms with van der Waals surface area (Å²) in [6.45, 7) is 0.476. The zero-order chi connectivity index (χ0) is 15.2. The van der Waals surface area contributed by atoms with Crippen molar-refractivity contribution in [2.45, 2.75) is 13.0 Å². The molecular formula is C16H14FN3O. The van der Waals surface area contributed by atoms with Crippen molar-refractivity contribution in [3.8, 4) is 6.07 Å². The standard InChI is InChI=1S/C16H14FN3O/c17-15-6-3-12(7-13(15)9-18)10-20-14-4-1-11(2-5-14)8-16(19)21/h1-7,20H,8,10H2,(H2,19,21). The number of nitriles is 1. The molecule has 106 valence electrons. The third-order valence-electron chi connectivity index (χ3n) is 2.98. The second-order valence-electron chi connectivity index (χ2n) is 4.62. The third-order valence-corrected chi connectivity index (χ3v) is 2.98. The summed E-state index contributed by atoms with van der Waals surface area (Å²) in [5.41, 5.74) is 7.69. The molecule has 2 aromatic carbocycles. The highest BCUT2D eigenvalue weighted by Crippen LogP contribution is 2.14. The van der Waals surface area contributed by atoms with Gasteiger partial charge in [0.15, 0.2) is 0 Å².